The average Bonchev–Trinajstić information content (AvgIpc) is 2.98. The number of fused-ring (bicyclic) bond motifs is 2. The second kappa shape index (κ2) is 5.25. The minimum atomic E-state index is -0.642. The van der Waals surface area contributed by atoms with Crippen LogP contribution in [0.2, 0.25) is 0 Å². The number of hydrogen-bond acceptors (Lipinski definition) is 4. The predicted octanol–water partition coefficient (Wildman–Crippen LogP) is 2.24. The zero-order chi connectivity index (χ0) is 15.1. The van der Waals surface area contributed by atoms with Crippen molar-refractivity contribution in [3.8, 4) is 0 Å². The van der Waals surface area contributed by atoms with Crippen LogP contribution in [0.3, 0.4) is 0 Å². The monoisotopic (exact) mass is 298 g/mol. The summed E-state index contributed by atoms with van der Waals surface area (Å²) in [5.74, 6) is 0.716. The van der Waals surface area contributed by atoms with Crippen LogP contribution in [0.5, 0.6) is 0 Å². The molecule has 0 saturated heterocycles. The van der Waals surface area contributed by atoms with Crippen molar-refractivity contribution in [1.29, 1.82) is 0 Å². The molecule has 0 bridgehead atoms. The Balaban J connectivity index is 1.63. The molecule has 1 aliphatic heterocycles. The van der Waals surface area contributed by atoms with Gasteiger partial charge in [0.15, 0.2) is 5.69 Å². The molecular weight excluding hydrogens is 280 g/mol. The van der Waals surface area contributed by atoms with E-state index in [0.717, 1.165) is 48.1 Å². The van der Waals surface area contributed by atoms with Crippen LogP contribution < -0.4 is 0 Å². The number of aryl methyl sites for hydroxylation is 1. The number of hydrogen-bond donors (Lipinski definition) is 1. The molecule has 2 aromatic rings. The summed E-state index contributed by atoms with van der Waals surface area (Å²) < 4.78 is 5.34. The lowest BCUT2D eigenvalue weighted by molar-refractivity contribution is 0.0540. The molecule has 114 valence electrons. The number of rotatable bonds is 1. The van der Waals surface area contributed by atoms with Crippen LogP contribution in [0.4, 0.5) is 0 Å². The first-order chi connectivity index (χ1) is 10.7. The minimum absolute atomic E-state index is 0.138. The highest BCUT2D eigenvalue weighted by atomic mass is 16.5. The number of amides is 1. The molecule has 0 spiro atoms. The maximum absolute atomic E-state index is 12.8. The van der Waals surface area contributed by atoms with E-state index in [9.17, 15) is 9.90 Å². The largest absolute Gasteiger partial charge is 0.387 e. The molecule has 2 aliphatic rings. The van der Waals surface area contributed by atoms with E-state index in [2.05, 4.69) is 5.16 Å². The summed E-state index contributed by atoms with van der Waals surface area (Å²) in [5.41, 5.74) is 3.30. The van der Waals surface area contributed by atoms with E-state index in [1.165, 1.54) is 0 Å². The van der Waals surface area contributed by atoms with Crippen molar-refractivity contribution >= 4 is 5.91 Å². The number of β-amino-alcohol motifs (C(OH)–C–C–N with tert-alkyl or cyclic N) is 1. The van der Waals surface area contributed by atoms with Crippen LogP contribution in [0.1, 0.15) is 51.9 Å². The van der Waals surface area contributed by atoms with Gasteiger partial charge in [0.2, 0.25) is 0 Å². The standard InChI is InChI=1S/C17H18N2O3/c20-14-10-19(9-11-5-1-2-6-12(11)14)17(21)16-13-7-3-4-8-15(13)22-18-16/h1-2,5-6,14,20H,3-4,7-10H2. The number of aromatic nitrogens is 1. The molecule has 0 fully saturated rings. The van der Waals surface area contributed by atoms with Crippen molar-refractivity contribution in [2.75, 3.05) is 6.54 Å². The molecule has 1 N–H and O–H groups in total. The van der Waals surface area contributed by atoms with Crippen molar-refractivity contribution in [3.05, 3.63) is 52.4 Å². The van der Waals surface area contributed by atoms with Gasteiger partial charge in [-0.05, 0) is 30.4 Å². The number of nitrogens with zero attached hydrogens (tertiary/aromatic N) is 2. The van der Waals surface area contributed by atoms with E-state index in [1.807, 2.05) is 24.3 Å². The Morgan fingerprint density at radius 3 is 3.00 bits per heavy atom. The normalized spacial score (nSPS) is 20.4. The SMILES string of the molecule is O=C(c1noc2c1CCCC2)N1Cc2ccccc2C(O)C1. The molecule has 1 aromatic carbocycles. The number of benzene rings is 1. The van der Waals surface area contributed by atoms with E-state index in [-0.39, 0.29) is 5.91 Å². The maximum Gasteiger partial charge on any atom is 0.276 e. The Labute approximate surface area is 128 Å². The Morgan fingerprint density at radius 1 is 1.27 bits per heavy atom. The zero-order valence-electron chi connectivity index (χ0n) is 12.3. The highest BCUT2D eigenvalue weighted by Crippen LogP contribution is 2.29. The van der Waals surface area contributed by atoms with Gasteiger partial charge in [-0.25, -0.2) is 0 Å². The van der Waals surface area contributed by atoms with Gasteiger partial charge in [-0.1, -0.05) is 29.4 Å². The number of aliphatic hydroxyl groups is 1. The first kappa shape index (κ1) is 13.5. The second-order valence-corrected chi connectivity index (χ2v) is 6.04. The summed E-state index contributed by atoms with van der Waals surface area (Å²) in [6.45, 7) is 0.811. The van der Waals surface area contributed by atoms with E-state index in [1.54, 1.807) is 4.90 Å². The van der Waals surface area contributed by atoms with E-state index in [0.29, 0.717) is 18.8 Å². The molecule has 22 heavy (non-hydrogen) atoms. The van der Waals surface area contributed by atoms with Gasteiger partial charge in [0.25, 0.3) is 5.91 Å². The fourth-order valence-electron chi connectivity index (χ4n) is 3.44. The molecule has 0 radical (unpaired) electrons. The summed E-state index contributed by atoms with van der Waals surface area (Å²) in [4.78, 5) is 14.4. The minimum Gasteiger partial charge on any atom is -0.387 e. The molecule has 1 aromatic heterocycles. The van der Waals surface area contributed by atoms with Crippen molar-refractivity contribution in [3.63, 3.8) is 0 Å². The van der Waals surface area contributed by atoms with Crippen LogP contribution in [0, 0.1) is 0 Å². The van der Waals surface area contributed by atoms with Crippen molar-refractivity contribution < 1.29 is 14.4 Å². The number of aliphatic hydroxyl groups excluding tert-OH is 1. The summed E-state index contributed by atoms with van der Waals surface area (Å²) in [6.07, 6.45) is 3.23. The van der Waals surface area contributed by atoms with Gasteiger partial charge in [-0.2, -0.15) is 0 Å². The van der Waals surface area contributed by atoms with E-state index < -0.39 is 6.10 Å². The predicted molar refractivity (Wildman–Crippen MR) is 79.3 cm³/mol. The smallest absolute Gasteiger partial charge is 0.276 e. The average molecular weight is 298 g/mol. The number of carbonyl (C=O) groups excluding carboxylic acids is 1. The molecule has 0 saturated carbocycles. The van der Waals surface area contributed by atoms with Crippen LogP contribution in [-0.4, -0.2) is 27.6 Å². The third-order valence-corrected chi connectivity index (χ3v) is 4.61. The second-order valence-electron chi connectivity index (χ2n) is 6.04. The van der Waals surface area contributed by atoms with Crippen molar-refractivity contribution in [1.82, 2.24) is 10.1 Å². The van der Waals surface area contributed by atoms with E-state index in [4.69, 9.17) is 4.52 Å². The summed E-state index contributed by atoms with van der Waals surface area (Å²) in [5, 5.41) is 14.3. The summed E-state index contributed by atoms with van der Waals surface area (Å²) >= 11 is 0. The van der Waals surface area contributed by atoms with E-state index >= 15 is 0 Å². The van der Waals surface area contributed by atoms with Crippen LogP contribution in [0.15, 0.2) is 28.8 Å². The van der Waals surface area contributed by atoms with Crippen LogP contribution >= 0.6 is 0 Å². The highest BCUT2D eigenvalue weighted by Gasteiger charge is 2.31. The fourth-order valence-corrected chi connectivity index (χ4v) is 3.44. The van der Waals surface area contributed by atoms with Gasteiger partial charge in [-0.3, -0.25) is 4.79 Å². The zero-order valence-corrected chi connectivity index (χ0v) is 12.3. The van der Waals surface area contributed by atoms with Gasteiger partial charge < -0.3 is 14.5 Å². The van der Waals surface area contributed by atoms with Crippen molar-refractivity contribution in [2.45, 2.75) is 38.3 Å². The first-order valence-electron chi connectivity index (χ1n) is 7.76. The molecule has 5 heteroatoms. The highest BCUT2D eigenvalue weighted by molar-refractivity contribution is 5.94. The van der Waals surface area contributed by atoms with Gasteiger partial charge in [0.05, 0.1) is 12.6 Å². The number of carbonyl (C=O) groups is 1. The van der Waals surface area contributed by atoms with Crippen LogP contribution in [0.25, 0.3) is 0 Å². The molecule has 1 unspecified atom stereocenters. The first-order valence-corrected chi connectivity index (χ1v) is 7.76. The van der Waals surface area contributed by atoms with Crippen molar-refractivity contribution in [2.24, 2.45) is 0 Å². The molecule has 2 heterocycles. The van der Waals surface area contributed by atoms with Gasteiger partial charge >= 0.3 is 0 Å². The van der Waals surface area contributed by atoms with Crippen LogP contribution in [-0.2, 0) is 19.4 Å². The maximum atomic E-state index is 12.8. The lowest BCUT2D eigenvalue weighted by Crippen LogP contribution is -2.38. The lowest BCUT2D eigenvalue weighted by atomic mass is 9.94. The topological polar surface area (TPSA) is 66.6 Å². The summed E-state index contributed by atoms with van der Waals surface area (Å²) in [6, 6.07) is 7.71. The Kier molecular flexibility index (Phi) is 3.22. The van der Waals surface area contributed by atoms with Gasteiger partial charge in [0.1, 0.15) is 5.76 Å². The van der Waals surface area contributed by atoms with Gasteiger partial charge in [0, 0.05) is 18.5 Å². The Morgan fingerprint density at radius 2 is 2.09 bits per heavy atom. The Hall–Kier alpha value is -2.14. The molecule has 5 nitrogen and oxygen atoms in total. The Bertz CT molecular complexity index is 722. The molecule has 1 atom stereocenters. The lowest BCUT2D eigenvalue weighted by Gasteiger charge is -2.31. The molecule has 1 aliphatic carbocycles. The quantitative estimate of drug-likeness (QED) is 0.877. The summed E-state index contributed by atoms with van der Waals surface area (Å²) in [7, 11) is 0. The third-order valence-electron chi connectivity index (χ3n) is 4.61. The molecule has 4 rings (SSSR count). The van der Waals surface area contributed by atoms with Gasteiger partial charge in [-0.15, -0.1) is 0 Å². The molecular formula is C17H18N2O3. The third kappa shape index (κ3) is 2.13. The molecule has 1 amide bonds. The fraction of sp³-hybridized carbons (Fsp3) is 0.412.